The molecule has 29 heavy (non-hydrogen) atoms. The van der Waals surface area contributed by atoms with Crippen LogP contribution < -0.4 is 10.2 Å². The Morgan fingerprint density at radius 3 is 2.79 bits per heavy atom. The lowest BCUT2D eigenvalue weighted by Crippen LogP contribution is -2.43. The van der Waals surface area contributed by atoms with Crippen LogP contribution in [0.1, 0.15) is 49.3 Å². The van der Waals surface area contributed by atoms with Gasteiger partial charge < -0.3 is 14.8 Å². The summed E-state index contributed by atoms with van der Waals surface area (Å²) in [6.07, 6.45) is 6.86. The van der Waals surface area contributed by atoms with Crippen molar-refractivity contribution in [3.63, 3.8) is 0 Å². The highest BCUT2D eigenvalue weighted by molar-refractivity contribution is 5.73. The lowest BCUT2D eigenvalue weighted by atomic mass is 9.79. The van der Waals surface area contributed by atoms with E-state index in [0.717, 1.165) is 63.6 Å². The number of pyridine rings is 1. The first-order chi connectivity index (χ1) is 14.0. The molecule has 2 fully saturated rings. The third-order valence-corrected chi connectivity index (χ3v) is 6.19. The lowest BCUT2D eigenvalue weighted by molar-refractivity contribution is -0.120. The van der Waals surface area contributed by atoms with Gasteiger partial charge in [-0.25, -0.2) is 0 Å². The van der Waals surface area contributed by atoms with E-state index < -0.39 is 0 Å². The number of aromatic nitrogens is 4. The van der Waals surface area contributed by atoms with E-state index in [-0.39, 0.29) is 11.9 Å². The SMILES string of the molecule is CC(=O)NC1CC(c2nnc(CN3CCCN(c4ccncc4C)CC3)n2C)C1. The summed E-state index contributed by atoms with van der Waals surface area (Å²) in [5.41, 5.74) is 2.53. The molecule has 3 heterocycles. The van der Waals surface area contributed by atoms with E-state index in [1.54, 1.807) is 6.92 Å². The molecule has 0 atom stereocenters. The van der Waals surface area contributed by atoms with Gasteiger partial charge in [-0.05, 0) is 37.8 Å². The van der Waals surface area contributed by atoms with E-state index in [9.17, 15) is 4.79 Å². The van der Waals surface area contributed by atoms with Crippen LogP contribution in [0.25, 0.3) is 0 Å². The Hall–Kier alpha value is -2.48. The Labute approximate surface area is 172 Å². The van der Waals surface area contributed by atoms with E-state index in [0.29, 0.717) is 5.92 Å². The van der Waals surface area contributed by atoms with Gasteiger partial charge in [0.15, 0.2) is 0 Å². The number of rotatable bonds is 5. The number of carbonyl (C=O) groups excluding carboxylic acids is 1. The highest BCUT2D eigenvalue weighted by Gasteiger charge is 2.34. The number of anilines is 1. The van der Waals surface area contributed by atoms with Crippen LogP contribution in [0.3, 0.4) is 0 Å². The summed E-state index contributed by atoms with van der Waals surface area (Å²) in [6, 6.07) is 2.40. The summed E-state index contributed by atoms with van der Waals surface area (Å²) >= 11 is 0. The van der Waals surface area contributed by atoms with Crippen LogP contribution in [0.2, 0.25) is 0 Å². The number of aryl methyl sites for hydroxylation is 1. The van der Waals surface area contributed by atoms with Crippen LogP contribution >= 0.6 is 0 Å². The number of carbonyl (C=O) groups is 1. The van der Waals surface area contributed by atoms with Gasteiger partial charge in [0.25, 0.3) is 0 Å². The van der Waals surface area contributed by atoms with Gasteiger partial charge in [-0.3, -0.25) is 14.7 Å². The van der Waals surface area contributed by atoms with Crippen molar-refractivity contribution in [3.8, 4) is 0 Å². The molecule has 1 saturated carbocycles. The zero-order valence-electron chi connectivity index (χ0n) is 17.6. The average molecular weight is 398 g/mol. The first kappa shape index (κ1) is 19.8. The number of hydrogen-bond acceptors (Lipinski definition) is 6. The van der Waals surface area contributed by atoms with Gasteiger partial charge >= 0.3 is 0 Å². The summed E-state index contributed by atoms with van der Waals surface area (Å²) in [5, 5.41) is 11.9. The highest BCUT2D eigenvalue weighted by atomic mass is 16.1. The van der Waals surface area contributed by atoms with Crippen molar-refractivity contribution in [2.24, 2.45) is 7.05 Å². The third-order valence-electron chi connectivity index (χ3n) is 6.19. The van der Waals surface area contributed by atoms with Gasteiger partial charge in [-0.1, -0.05) is 0 Å². The smallest absolute Gasteiger partial charge is 0.217 e. The Bertz CT molecular complexity index is 858. The fraction of sp³-hybridized carbons (Fsp3) is 0.619. The number of hydrogen-bond donors (Lipinski definition) is 1. The summed E-state index contributed by atoms with van der Waals surface area (Å²) in [7, 11) is 2.07. The zero-order chi connectivity index (χ0) is 20.4. The minimum Gasteiger partial charge on any atom is -0.370 e. The third kappa shape index (κ3) is 4.42. The average Bonchev–Trinajstić information content (AvgIpc) is 2.86. The quantitative estimate of drug-likeness (QED) is 0.826. The van der Waals surface area contributed by atoms with Crippen molar-refractivity contribution in [1.82, 2.24) is 30.0 Å². The van der Waals surface area contributed by atoms with Crippen molar-refractivity contribution < 1.29 is 4.79 Å². The maximum atomic E-state index is 11.2. The van der Waals surface area contributed by atoms with Crippen LogP contribution in [-0.2, 0) is 18.4 Å². The fourth-order valence-electron chi connectivity index (χ4n) is 4.49. The summed E-state index contributed by atoms with van der Waals surface area (Å²) in [4.78, 5) is 20.3. The Kier molecular flexibility index (Phi) is 5.80. The van der Waals surface area contributed by atoms with E-state index in [4.69, 9.17) is 0 Å². The molecule has 0 aromatic carbocycles. The minimum absolute atomic E-state index is 0.0456. The fourth-order valence-corrected chi connectivity index (χ4v) is 4.49. The predicted molar refractivity (Wildman–Crippen MR) is 112 cm³/mol. The van der Waals surface area contributed by atoms with Gasteiger partial charge in [0.2, 0.25) is 5.91 Å². The van der Waals surface area contributed by atoms with Crippen molar-refractivity contribution in [2.45, 2.75) is 51.6 Å². The lowest BCUT2D eigenvalue weighted by Gasteiger charge is -2.34. The first-order valence-electron chi connectivity index (χ1n) is 10.5. The maximum Gasteiger partial charge on any atom is 0.217 e. The molecule has 2 aromatic heterocycles. The van der Waals surface area contributed by atoms with E-state index >= 15 is 0 Å². The van der Waals surface area contributed by atoms with Crippen molar-refractivity contribution >= 4 is 11.6 Å². The maximum absolute atomic E-state index is 11.2. The van der Waals surface area contributed by atoms with Crippen molar-refractivity contribution in [1.29, 1.82) is 0 Å². The first-order valence-corrected chi connectivity index (χ1v) is 10.5. The molecule has 1 aliphatic heterocycles. The van der Waals surface area contributed by atoms with Crippen molar-refractivity contribution in [3.05, 3.63) is 35.7 Å². The van der Waals surface area contributed by atoms with Gasteiger partial charge in [0.1, 0.15) is 11.6 Å². The molecule has 2 aliphatic rings. The second-order valence-electron chi connectivity index (χ2n) is 8.38. The minimum atomic E-state index is 0.0456. The molecule has 156 valence electrons. The van der Waals surface area contributed by atoms with Gasteiger partial charge in [-0.2, -0.15) is 0 Å². The molecular weight excluding hydrogens is 366 g/mol. The molecule has 1 amide bonds. The standard InChI is InChI=1S/C21H31N7O/c1-15-13-22-6-5-19(15)28-8-4-7-27(9-10-28)14-20-24-25-21(26(20)3)17-11-18(12-17)23-16(2)29/h5-6,13,17-18H,4,7-12,14H2,1-3H3,(H,23,29). The molecule has 0 spiro atoms. The van der Waals surface area contributed by atoms with Crippen LogP contribution in [-0.4, -0.2) is 62.8 Å². The topological polar surface area (TPSA) is 79.2 Å². The summed E-state index contributed by atoms with van der Waals surface area (Å²) in [5.74, 6) is 2.51. The van der Waals surface area contributed by atoms with E-state index in [2.05, 4.69) is 54.9 Å². The Morgan fingerprint density at radius 1 is 1.21 bits per heavy atom. The molecule has 8 heteroatoms. The molecule has 0 bridgehead atoms. The second-order valence-corrected chi connectivity index (χ2v) is 8.38. The molecule has 0 radical (unpaired) electrons. The Balaban J connectivity index is 1.34. The van der Waals surface area contributed by atoms with Crippen LogP contribution in [0, 0.1) is 6.92 Å². The van der Waals surface area contributed by atoms with Crippen LogP contribution in [0.15, 0.2) is 18.5 Å². The molecule has 1 N–H and O–H groups in total. The monoisotopic (exact) mass is 397 g/mol. The van der Waals surface area contributed by atoms with Gasteiger partial charge in [0.05, 0.1) is 6.54 Å². The number of nitrogens with zero attached hydrogens (tertiary/aromatic N) is 6. The molecule has 1 saturated heterocycles. The normalized spacial score (nSPS) is 22.8. The largest absolute Gasteiger partial charge is 0.370 e. The Morgan fingerprint density at radius 2 is 2.03 bits per heavy atom. The van der Waals surface area contributed by atoms with Gasteiger partial charge in [-0.15, -0.1) is 10.2 Å². The molecule has 0 unspecified atom stereocenters. The molecule has 8 nitrogen and oxygen atoms in total. The summed E-state index contributed by atoms with van der Waals surface area (Å²) < 4.78 is 2.16. The highest BCUT2D eigenvalue weighted by Crippen LogP contribution is 2.35. The number of nitrogens with one attached hydrogen (secondary N) is 1. The summed E-state index contributed by atoms with van der Waals surface area (Å²) in [6.45, 7) is 8.69. The number of amides is 1. The second kappa shape index (κ2) is 8.49. The zero-order valence-corrected chi connectivity index (χ0v) is 17.6. The predicted octanol–water partition coefficient (Wildman–Crippen LogP) is 1.61. The molecular formula is C21H31N7O. The van der Waals surface area contributed by atoms with Crippen LogP contribution in [0.5, 0.6) is 0 Å². The van der Waals surface area contributed by atoms with E-state index in [1.807, 2.05) is 12.4 Å². The molecule has 2 aromatic rings. The van der Waals surface area contributed by atoms with Gasteiger partial charge in [0, 0.05) is 70.2 Å². The van der Waals surface area contributed by atoms with E-state index in [1.165, 1.54) is 11.3 Å². The van der Waals surface area contributed by atoms with Crippen molar-refractivity contribution in [2.75, 3.05) is 31.1 Å². The molecule has 1 aliphatic carbocycles. The van der Waals surface area contributed by atoms with Crippen LogP contribution in [0.4, 0.5) is 5.69 Å². The molecule has 4 rings (SSSR count).